The van der Waals surface area contributed by atoms with Crippen molar-refractivity contribution in [1.29, 1.82) is 0 Å². The molecule has 0 atom stereocenters. The summed E-state index contributed by atoms with van der Waals surface area (Å²) >= 11 is 3.45. The first-order valence-electron chi connectivity index (χ1n) is 7.00. The Balaban J connectivity index is 2.07. The van der Waals surface area contributed by atoms with Crippen molar-refractivity contribution < 1.29 is 13.1 Å². The van der Waals surface area contributed by atoms with Crippen LogP contribution in [0.15, 0.2) is 58.9 Å². The molecule has 2 aromatic rings. The van der Waals surface area contributed by atoms with E-state index in [4.69, 9.17) is 0 Å². The molecule has 2 aliphatic heterocycles. The number of fused-ring (bicyclic) bond motifs is 2. The standard InChI is InChI=1S/C16H12BBrF2N2/c1-11-10-12(18)6-7-13(11)16-14-4-2-8-21(14)17(19,20)22-9-3-5-15(16)22/h2-10H,1H3. The van der Waals surface area contributed by atoms with E-state index in [9.17, 15) is 8.63 Å². The first-order chi connectivity index (χ1) is 10.5. The predicted molar refractivity (Wildman–Crippen MR) is 88.2 cm³/mol. The third kappa shape index (κ3) is 1.73. The molecule has 22 heavy (non-hydrogen) atoms. The van der Waals surface area contributed by atoms with Crippen LogP contribution >= 0.6 is 15.9 Å². The zero-order chi connectivity index (χ0) is 15.5. The second kappa shape index (κ2) is 4.52. The summed E-state index contributed by atoms with van der Waals surface area (Å²) in [5.41, 5.74) is 3.97. The Labute approximate surface area is 135 Å². The van der Waals surface area contributed by atoms with Gasteiger partial charge in [-0.1, -0.05) is 22.0 Å². The lowest BCUT2D eigenvalue weighted by Crippen LogP contribution is -2.49. The van der Waals surface area contributed by atoms with Crippen molar-refractivity contribution in [2.75, 3.05) is 0 Å². The normalized spacial score (nSPS) is 18.3. The van der Waals surface area contributed by atoms with Gasteiger partial charge in [-0.2, -0.15) is 0 Å². The molecular weight excluding hydrogens is 349 g/mol. The number of aryl methyl sites for hydroxylation is 1. The predicted octanol–water partition coefficient (Wildman–Crippen LogP) is 4.21. The highest BCUT2D eigenvalue weighted by atomic mass is 79.9. The Bertz CT molecular complexity index is 893. The molecule has 0 aliphatic carbocycles. The smallest absolute Gasteiger partial charge is 0.396 e. The van der Waals surface area contributed by atoms with Crippen LogP contribution in [0.4, 0.5) is 8.63 Å². The molecule has 1 aromatic carbocycles. The number of allylic oxidation sites excluding steroid dienone is 2. The van der Waals surface area contributed by atoms with Gasteiger partial charge in [-0.25, -0.2) is 0 Å². The number of rotatable bonds is 1. The Kier molecular flexibility index (Phi) is 2.82. The summed E-state index contributed by atoms with van der Waals surface area (Å²) in [4.78, 5) is 0. The topological polar surface area (TPSA) is 7.94 Å². The maximum absolute atomic E-state index is 14.7. The van der Waals surface area contributed by atoms with Crippen molar-refractivity contribution in [2.24, 2.45) is 0 Å². The third-order valence-electron chi connectivity index (χ3n) is 4.20. The molecule has 0 saturated carbocycles. The van der Waals surface area contributed by atoms with Gasteiger partial charge in [0, 0.05) is 22.3 Å². The van der Waals surface area contributed by atoms with Crippen LogP contribution in [0.2, 0.25) is 0 Å². The molecule has 0 amide bonds. The van der Waals surface area contributed by atoms with Crippen LogP contribution in [-0.4, -0.2) is 22.1 Å². The van der Waals surface area contributed by atoms with Crippen molar-refractivity contribution in [3.05, 3.63) is 75.7 Å². The average molecular weight is 361 g/mol. The number of hydrogen-bond acceptors (Lipinski definition) is 0. The van der Waals surface area contributed by atoms with Gasteiger partial charge in [0.05, 0.1) is 5.57 Å². The molecule has 0 fully saturated rings. The number of benzene rings is 1. The van der Waals surface area contributed by atoms with Gasteiger partial charge >= 0.3 is 6.97 Å². The van der Waals surface area contributed by atoms with E-state index in [-0.39, 0.29) is 0 Å². The molecule has 6 heteroatoms. The van der Waals surface area contributed by atoms with Gasteiger partial charge in [-0.15, -0.1) is 0 Å². The summed E-state index contributed by atoms with van der Waals surface area (Å²) < 4.78 is 32.5. The van der Waals surface area contributed by atoms with Crippen molar-refractivity contribution in [1.82, 2.24) is 4.48 Å². The second-order valence-corrected chi connectivity index (χ2v) is 6.44. The number of aromatic nitrogens is 1. The van der Waals surface area contributed by atoms with Gasteiger partial charge in [0.2, 0.25) is 0 Å². The molecule has 0 bridgehead atoms. The fourth-order valence-electron chi connectivity index (χ4n) is 3.20. The van der Waals surface area contributed by atoms with Gasteiger partial charge in [0.1, 0.15) is 6.21 Å². The first-order valence-corrected chi connectivity index (χ1v) is 7.80. The van der Waals surface area contributed by atoms with Gasteiger partial charge in [0.25, 0.3) is 0 Å². The zero-order valence-electron chi connectivity index (χ0n) is 11.8. The minimum atomic E-state index is -3.83. The van der Waals surface area contributed by atoms with E-state index in [1.54, 1.807) is 24.3 Å². The second-order valence-electron chi connectivity index (χ2n) is 5.52. The van der Waals surface area contributed by atoms with Crippen molar-refractivity contribution in [2.45, 2.75) is 6.92 Å². The van der Waals surface area contributed by atoms with Gasteiger partial charge < -0.3 is 17.6 Å². The van der Waals surface area contributed by atoms with E-state index in [2.05, 4.69) is 15.9 Å². The molecule has 4 rings (SSSR count). The Hall–Kier alpha value is -1.95. The molecule has 0 saturated heterocycles. The summed E-state index contributed by atoms with van der Waals surface area (Å²) in [6.07, 6.45) is 6.33. The monoisotopic (exact) mass is 360 g/mol. The number of hydrogen-bond donors (Lipinski definition) is 0. The van der Waals surface area contributed by atoms with Crippen LogP contribution in [0.1, 0.15) is 16.8 Å². The van der Waals surface area contributed by atoms with Crippen molar-refractivity contribution >= 4 is 34.7 Å². The quantitative estimate of drug-likeness (QED) is 0.673. The number of halogens is 3. The molecule has 0 N–H and O–H groups in total. The molecule has 0 radical (unpaired) electrons. The lowest BCUT2D eigenvalue weighted by atomic mass is 9.85. The molecule has 110 valence electrons. The fourth-order valence-corrected chi connectivity index (χ4v) is 3.68. The molecule has 2 nitrogen and oxygen atoms in total. The lowest BCUT2D eigenvalue weighted by Gasteiger charge is -2.31. The van der Waals surface area contributed by atoms with E-state index >= 15 is 0 Å². The van der Waals surface area contributed by atoms with E-state index < -0.39 is 6.97 Å². The highest BCUT2D eigenvalue weighted by molar-refractivity contribution is 9.10. The molecule has 2 aliphatic rings. The van der Waals surface area contributed by atoms with Gasteiger partial charge in [-0.3, -0.25) is 0 Å². The molecule has 3 heterocycles. The van der Waals surface area contributed by atoms with Gasteiger partial charge in [0.15, 0.2) is 5.70 Å². The molecule has 0 spiro atoms. The lowest BCUT2D eigenvalue weighted by molar-refractivity contribution is -0.356. The summed E-state index contributed by atoms with van der Waals surface area (Å²) in [6, 6.07) is 9.34. The summed E-state index contributed by atoms with van der Waals surface area (Å²) in [5, 5.41) is 0. The average Bonchev–Trinajstić information content (AvgIpc) is 3.11. The highest BCUT2D eigenvalue weighted by Crippen LogP contribution is 2.39. The fraction of sp³-hybridized carbons (Fsp3) is 0.0625. The van der Waals surface area contributed by atoms with Crippen LogP contribution in [0, 0.1) is 6.92 Å². The Morgan fingerprint density at radius 1 is 1.23 bits per heavy atom. The van der Waals surface area contributed by atoms with E-state index in [0.717, 1.165) is 30.1 Å². The third-order valence-corrected chi connectivity index (χ3v) is 4.69. The minimum absolute atomic E-state index is 0.557. The van der Waals surface area contributed by atoms with Crippen molar-refractivity contribution in [3.63, 3.8) is 0 Å². The summed E-state index contributed by atoms with van der Waals surface area (Å²) in [7, 11) is 0. The van der Waals surface area contributed by atoms with Gasteiger partial charge in [-0.05, 0) is 48.5 Å². The van der Waals surface area contributed by atoms with E-state index in [1.807, 2.05) is 25.1 Å². The first kappa shape index (κ1) is 13.7. The SMILES string of the molecule is Cc1cc(Br)ccc1C1=C2C=CC=[N+]2[B-](F)(F)n2cccc21. The van der Waals surface area contributed by atoms with Crippen LogP contribution in [-0.2, 0) is 0 Å². The van der Waals surface area contributed by atoms with Crippen LogP contribution in [0.5, 0.6) is 0 Å². The maximum Gasteiger partial charge on any atom is 0.737 e. The van der Waals surface area contributed by atoms with Crippen molar-refractivity contribution in [3.8, 4) is 0 Å². The Morgan fingerprint density at radius 2 is 2.05 bits per heavy atom. The Morgan fingerprint density at radius 3 is 2.82 bits per heavy atom. The minimum Gasteiger partial charge on any atom is -0.396 e. The molecular formula is C16H12BBrF2N2. The van der Waals surface area contributed by atoms with Crippen LogP contribution < -0.4 is 0 Å². The van der Waals surface area contributed by atoms with E-state index in [0.29, 0.717) is 11.4 Å². The number of nitrogens with zero attached hydrogens (tertiary/aromatic N) is 2. The zero-order valence-corrected chi connectivity index (χ0v) is 13.4. The summed E-state index contributed by atoms with van der Waals surface area (Å²) in [6.45, 7) is -1.84. The summed E-state index contributed by atoms with van der Waals surface area (Å²) in [5.74, 6) is 0. The molecule has 0 unspecified atom stereocenters. The van der Waals surface area contributed by atoms with E-state index in [1.165, 1.54) is 12.4 Å². The van der Waals surface area contributed by atoms with Crippen LogP contribution in [0.3, 0.4) is 0 Å². The molecule has 1 aromatic heterocycles. The van der Waals surface area contributed by atoms with Crippen LogP contribution in [0.25, 0.3) is 5.57 Å². The highest BCUT2D eigenvalue weighted by Gasteiger charge is 2.51. The largest absolute Gasteiger partial charge is 0.737 e. The maximum atomic E-state index is 14.7.